The van der Waals surface area contributed by atoms with Gasteiger partial charge in [0.2, 0.25) is 11.8 Å². The van der Waals surface area contributed by atoms with Gasteiger partial charge < -0.3 is 10.2 Å². The van der Waals surface area contributed by atoms with Gasteiger partial charge in [0.05, 0.1) is 12.3 Å². The van der Waals surface area contributed by atoms with E-state index in [4.69, 9.17) is 0 Å². The number of carbonyl (C=O) groups excluding carboxylic acids is 2. The largest absolute Gasteiger partial charge is 0.336 e. The average Bonchev–Trinajstić information content (AvgIpc) is 3.17. The summed E-state index contributed by atoms with van der Waals surface area (Å²) in [6.07, 6.45) is 1.74. The third-order valence-electron chi connectivity index (χ3n) is 4.32. The maximum absolute atomic E-state index is 13.0. The predicted molar refractivity (Wildman–Crippen MR) is 119 cm³/mol. The second kappa shape index (κ2) is 10.5. The van der Waals surface area contributed by atoms with Crippen molar-refractivity contribution in [2.24, 2.45) is 0 Å². The number of anilines is 1. The second-order valence-corrected chi connectivity index (χ2v) is 7.61. The van der Waals surface area contributed by atoms with Crippen molar-refractivity contribution in [1.29, 1.82) is 0 Å². The highest BCUT2D eigenvalue weighted by atomic mass is 32.2. The molecule has 0 aliphatic rings. The summed E-state index contributed by atoms with van der Waals surface area (Å²) >= 11 is 1.25. The van der Waals surface area contributed by atoms with Crippen molar-refractivity contribution in [2.75, 3.05) is 24.7 Å². The minimum atomic E-state index is -0.387. The summed E-state index contributed by atoms with van der Waals surface area (Å²) in [7, 11) is 1.55. The molecule has 160 valence electrons. The first-order valence-corrected chi connectivity index (χ1v) is 10.5. The van der Waals surface area contributed by atoms with Crippen LogP contribution in [0.15, 0.2) is 72.4 Å². The molecule has 9 heteroatoms. The average molecular weight is 440 g/mol. The van der Waals surface area contributed by atoms with Crippen LogP contribution in [0.25, 0.3) is 11.4 Å². The van der Waals surface area contributed by atoms with Gasteiger partial charge in [0.25, 0.3) is 0 Å². The third-order valence-corrected chi connectivity index (χ3v) is 5.27. The zero-order valence-electron chi connectivity index (χ0n) is 17.0. The van der Waals surface area contributed by atoms with Gasteiger partial charge in [-0.2, -0.15) is 0 Å². The second-order valence-electron chi connectivity index (χ2n) is 6.67. The number of aromatic nitrogens is 3. The Hall–Kier alpha value is -3.46. The molecule has 0 unspecified atom stereocenters. The number of hydrogen-bond acceptors (Lipinski definition) is 5. The maximum Gasteiger partial charge on any atom is 0.243 e. The molecular weight excluding hydrogens is 417 g/mol. The smallest absolute Gasteiger partial charge is 0.243 e. The van der Waals surface area contributed by atoms with Gasteiger partial charge in [-0.25, -0.2) is 4.39 Å². The number of nitrogens with one attached hydrogen (secondary N) is 1. The first kappa shape index (κ1) is 22.2. The SMILES string of the molecule is C=CCn1c(SCC(=O)N(C)CC(=O)Nc2ccc(F)cc2)nnc1-c1ccccc1. The van der Waals surface area contributed by atoms with E-state index in [2.05, 4.69) is 22.1 Å². The Morgan fingerprint density at radius 2 is 1.87 bits per heavy atom. The molecule has 0 spiro atoms. The minimum absolute atomic E-state index is 0.102. The molecule has 1 heterocycles. The van der Waals surface area contributed by atoms with Crippen molar-refractivity contribution < 1.29 is 14.0 Å². The molecule has 0 aliphatic heterocycles. The number of hydrogen-bond donors (Lipinski definition) is 1. The molecule has 0 saturated heterocycles. The topological polar surface area (TPSA) is 80.1 Å². The summed E-state index contributed by atoms with van der Waals surface area (Å²) in [5.74, 6) is -0.184. The van der Waals surface area contributed by atoms with Gasteiger partial charge in [-0.15, -0.1) is 16.8 Å². The van der Waals surface area contributed by atoms with Crippen LogP contribution >= 0.6 is 11.8 Å². The summed E-state index contributed by atoms with van der Waals surface area (Å²) in [5.41, 5.74) is 1.39. The zero-order valence-corrected chi connectivity index (χ0v) is 17.8. The highest BCUT2D eigenvalue weighted by Crippen LogP contribution is 2.24. The lowest BCUT2D eigenvalue weighted by Gasteiger charge is -2.16. The van der Waals surface area contributed by atoms with E-state index in [-0.39, 0.29) is 29.9 Å². The first-order chi connectivity index (χ1) is 15.0. The van der Waals surface area contributed by atoms with E-state index in [1.54, 1.807) is 13.1 Å². The van der Waals surface area contributed by atoms with Gasteiger partial charge >= 0.3 is 0 Å². The Balaban J connectivity index is 1.58. The van der Waals surface area contributed by atoms with Gasteiger partial charge in [-0.05, 0) is 24.3 Å². The van der Waals surface area contributed by atoms with Gasteiger partial charge in [0, 0.05) is 24.8 Å². The van der Waals surface area contributed by atoms with Crippen molar-refractivity contribution in [2.45, 2.75) is 11.7 Å². The first-order valence-electron chi connectivity index (χ1n) is 9.49. The fourth-order valence-corrected chi connectivity index (χ4v) is 3.65. The molecule has 0 atom stereocenters. The van der Waals surface area contributed by atoms with Crippen LogP contribution in [0.1, 0.15) is 0 Å². The molecular formula is C22H22FN5O2S. The number of halogens is 1. The number of nitrogens with zero attached hydrogens (tertiary/aromatic N) is 4. The normalized spacial score (nSPS) is 10.5. The maximum atomic E-state index is 13.0. The molecule has 2 aromatic carbocycles. The molecule has 1 N–H and O–H groups in total. The molecule has 1 aromatic heterocycles. The van der Waals surface area contributed by atoms with Crippen LogP contribution < -0.4 is 5.32 Å². The van der Waals surface area contributed by atoms with Gasteiger partial charge in [0.15, 0.2) is 11.0 Å². The number of allylic oxidation sites excluding steroid dienone is 1. The number of likely N-dealkylation sites (N-methyl/N-ethyl adjacent to an activating group) is 1. The zero-order chi connectivity index (χ0) is 22.2. The lowest BCUT2D eigenvalue weighted by Crippen LogP contribution is -2.36. The number of thioether (sulfide) groups is 1. The third kappa shape index (κ3) is 6.02. The number of amides is 2. The van der Waals surface area contributed by atoms with Crippen LogP contribution in [0.4, 0.5) is 10.1 Å². The Labute approximate surface area is 184 Å². The summed E-state index contributed by atoms with van der Waals surface area (Å²) in [6, 6.07) is 15.1. The Morgan fingerprint density at radius 1 is 1.16 bits per heavy atom. The lowest BCUT2D eigenvalue weighted by molar-refractivity contribution is -0.131. The Bertz CT molecular complexity index is 1050. The van der Waals surface area contributed by atoms with Crippen LogP contribution in [0, 0.1) is 5.82 Å². The minimum Gasteiger partial charge on any atom is -0.336 e. The van der Waals surface area contributed by atoms with Crippen LogP contribution in [0.3, 0.4) is 0 Å². The number of carbonyl (C=O) groups is 2. The van der Waals surface area contributed by atoms with E-state index in [1.165, 1.54) is 40.9 Å². The highest BCUT2D eigenvalue weighted by Gasteiger charge is 2.17. The number of rotatable bonds is 9. The van der Waals surface area contributed by atoms with Crippen LogP contribution in [-0.4, -0.2) is 50.8 Å². The molecule has 0 aliphatic carbocycles. The van der Waals surface area contributed by atoms with Gasteiger partial charge in [-0.1, -0.05) is 48.2 Å². The summed E-state index contributed by atoms with van der Waals surface area (Å²) in [4.78, 5) is 26.0. The van der Waals surface area contributed by atoms with Crippen molar-refractivity contribution in [3.8, 4) is 11.4 Å². The fraction of sp³-hybridized carbons (Fsp3) is 0.182. The molecule has 0 fully saturated rings. The molecule has 3 rings (SSSR count). The number of benzene rings is 2. The quantitative estimate of drug-likeness (QED) is 0.408. The van der Waals surface area contributed by atoms with E-state index in [0.29, 0.717) is 23.2 Å². The molecule has 31 heavy (non-hydrogen) atoms. The summed E-state index contributed by atoms with van der Waals surface area (Å²) < 4.78 is 14.8. The molecule has 0 radical (unpaired) electrons. The van der Waals surface area contributed by atoms with Crippen LogP contribution in [-0.2, 0) is 16.1 Å². The van der Waals surface area contributed by atoms with Gasteiger partial charge in [0.1, 0.15) is 5.82 Å². The van der Waals surface area contributed by atoms with Crippen LogP contribution in [0.5, 0.6) is 0 Å². The Kier molecular flexibility index (Phi) is 7.55. The van der Waals surface area contributed by atoms with Crippen LogP contribution in [0.2, 0.25) is 0 Å². The standard InChI is InChI=1S/C22H22FN5O2S/c1-3-13-28-21(16-7-5-4-6-8-16)25-26-22(28)31-15-20(30)27(2)14-19(29)24-18-11-9-17(23)10-12-18/h3-12H,1,13-15H2,2H3,(H,24,29). The van der Waals surface area contributed by atoms with E-state index in [9.17, 15) is 14.0 Å². The molecule has 0 bridgehead atoms. The van der Waals surface area contributed by atoms with Crippen molar-refractivity contribution in [3.05, 3.63) is 73.1 Å². The fourth-order valence-electron chi connectivity index (χ4n) is 2.76. The van der Waals surface area contributed by atoms with E-state index in [1.807, 2.05) is 34.9 Å². The predicted octanol–water partition coefficient (Wildman–Crippen LogP) is 3.46. The monoisotopic (exact) mass is 439 g/mol. The highest BCUT2D eigenvalue weighted by molar-refractivity contribution is 7.99. The van der Waals surface area contributed by atoms with E-state index < -0.39 is 0 Å². The van der Waals surface area contributed by atoms with E-state index in [0.717, 1.165) is 5.56 Å². The summed E-state index contributed by atoms with van der Waals surface area (Å²) in [5, 5.41) is 11.7. The molecule has 2 amide bonds. The molecule has 7 nitrogen and oxygen atoms in total. The van der Waals surface area contributed by atoms with E-state index >= 15 is 0 Å². The molecule has 3 aromatic rings. The summed E-state index contributed by atoms with van der Waals surface area (Å²) in [6.45, 7) is 4.16. The van der Waals surface area contributed by atoms with Gasteiger partial charge in [-0.3, -0.25) is 14.2 Å². The van der Waals surface area contributed by atoms with Crippen molar-refractivity contribution >= 4 is 29.3 Å². The molecule has 0 saturated carbocycles. The van der Waals surface area contributed by atoms with Crippen molar-refractivity contribution in [3.63, 3.8) is 0 Å². The van der Waals surface area contributed by atoms with Crippen molar-refractivity contribution in [1.82, 2.24) is 19.7 Å². The Morgan fingerprint density at radius 3 is 2.55 bits per heavy atom. The lowest BCUT2D eigenvalue weighted by atomic mass is 10.2.